The van der Waals surface area contributed by atoms with E-state index in [1.54, 1.807) is 18.2 Å². The van der Waals surface area contributed by atoms with Crippen molar-refractivity contribution in [2.75, 3.05) is 20.3 Å². The fraction of sp³-hybridized carbons (Fsp3) is 0.333. The molecule has 1 heterocycles. The van der Waals surface area contributed by atoms with Gasteiger partial charge < -0.3 is 34.0 Å². The maximum absolute atomic E-state index is 14.8. The van der Waals surface area contributed by atoms with Crippen LogP contribution in [-0.4, -0.2) is 75.5 Å². The van der Waals surface area contributed by atoms with Crippen molar-refractivity contribution in [1.29, 1.82) is 0 Å². The van der Waals surface area contributed by atoms with Gasteiger partial charge in [-0.2, -0.15) is 0 Å². The van der Waals surface area contributed by atoms with E-state index in [0.29, 0.717) is 11.3 Å². The van der Waals surface area contributed by atoms with Gasteiger partial charge in [-0.15, -0.1) is 0 Å². The molecule has 6 rings (SSSR count). The van der Waals surface area contributed by atoms with Gasteiger partial charge in [-0.25, -0.2) is 4.79 Å². The van der Waals surface area contributed by atoms with Crippen molar-refractivity contribution < 1.29 is 42.6 Å². The predicted molar refractivity (Wildman–Crippen MR) is 248 cm³/mol. The molecule has 4 atom stereocenters. The van der Waals surface area contributed by atoms with Gasteiger partial charge in [-0.1, -0.05) is 162 Å². The zero-order valence-corrected chi connectivity index (χ0v) is 38.6. The number of amides is 3. The van der Waals surface area contributed by atoms with Gasteiger partial charge in [-0.05, 0) is 50.2 Å². The normalized spacial score (nSPS) is 18.2. The summed E-state index contributed by atoms with van der Waals surface area (Å²) in [6.07, 6.45) is -2.22. The van der Waals surface area contributed by atoms with Crippen molar-refractivity contribution in [3.63, 3.8) is 0 Å². The Balaban J connectivity index is 1.43. The lowest BCUT2D eigenvalue weighted by Gasteiger charge is -2.43. The van der Waals surface area contributed by atoms with Gasteiger partial charge >= 0.3 is 12.1 Å². The largest absolute Gasteiger partial charge is 0.487 e. The molecule has 2 N–H and O–H groups in total. The van der Waals surface area contributed by atoms with Gasteiger partial charge in [0.2, 0.25) is 11.8 Å². The number of hydrogen-bond acceptors (Lipinski definition) is 9. The lowest BCUT2D eigenvalue weighted by molar-refractivity contribution is -0.153. The quantitative estimate of drug-likeness (QED) is 0.0936. The molecule has 5 aromatic rings. The molecule has 0 saturated heterocycles. The van der Waals surface area contributed by atoms with Gasteiger partial charge in [0, 0.05) is 14.0 Å². The zero-order chi connectivity index (χ0) is 45.9. The SMILES string of the molecule is CC(=O)O[C@@H]1c2ccc(OCc3ccccc3)c(c2)OCC(CO[Si](c2ccccc2)(c2ccccc2)C(C)(C)C)NC(=O)C(C(C)C)NC(=O)C1N(C)C(=O)OCc1ccccc1. The summed E-state index contributed by atoms with van der Waals surface area (Å²) >= 11 is 0. The molecule has 13 heteroatoms. The van der Waals surface area contributed by atoms with Crippen molar-refractivity contribution in [2.24, 2.45) is 5.92 Å². The highest BCUT2D eigenvalue weighted by molar-refractivity contribution is 6.99. The Labute approximate surface area is 377 Å². The summed E-state index contributed by atoms with van der Waals surface area (Å²) in [5.41, 5.74) is 1.98. The summed E-state index contributed by atoms with van der Waals surface area (Å²) in [6, 6.07) is 40.8. The summed E-state index contributed by atoms with van der Waals surface area (Å²) in [5.74, 6) is -1.75. The molecule has 3 amide bonds. The molecule has 0 saturated carbocycles. The second-order valence-corrected chi connectivity index (χ2v) is 21.6. The van der Waals surface area contributed by atoms with E-state index in [0.717, 1.165) is 26.4 Å². The van der Waals surface area contributed by atoms with E-state index in [1.165, 1.54) is 14.0 Å². The third-order valence-electron chi connectivity index (χ3n) is 11.2. The summed E-state index contributed by atoms with van der Waals surface area (Å²) < 4.78 is 31.9. The molecule has 0 aliphatic carbocycles. The van der Waals surface area contributed by atoms with Crippen LogP contribution >= 0.6 is 0 Å². The molecule has 0 spiro atoms. The maximum atomic E-state index is 14.8. The van der Waals surface area contributed by atoms with Crippen LogP contribution in [0, 0.1) is 5.92 Å². The molecular weight excluding hydrogens is 827 g/mol. The van der Waals surface area contributed by atoms with Gasteiger partial charge in [0.15, 0.2) is 23.6 Å². The van der Waals surface area contributed by atoms with E-state index in [2.05, 4.69) is 55.7 Å². The Morgan fingerprint density at radius 2 is 1.31 bits per heavy atom. The number of benzene rings is 5. The highest BCUT2D eigenvalue weighted by Gasteiger charge is 2.50. The molecule has 64 heavy (non-hydrogen) atoms. The van der Waals surface area contributed by atoms with Crippen LogP contribution in [0.2, 0.25) is 5.04 Å². The highest BCUT2D eigenvalue weighted by atomic mass is 28.4. The number of likely N-dealkylation sites (N-methyl/N-ethyl adjacent to an activating group) is 1. The Bertz CT molecular complexity index is 2290. The van der Waals surface area contributed by atoms with Crippen LogP contribution in [0.15, 0.2) is 140 Å². The molecule has 1 aliphatic heterocycles. The minimum Gasteiger partial charge on any atom is -0.487 e. The van der Waals surface area contributed by atoms with Crippen LogP contribution in [0.4, 0.5) is 4.79 Å². The fourth-order valence-electron chi connectivity index (χ4n) is 7.99. The number of nitrogens with one attached hydrogen (secondary N) is 2. The van der Waals surface area contributed by atoms with Gasteiger partial charge in [0.25, 0.3) is 8.32 Å². The number of carbonyl (C=O) groups excluding carboxylic acids is 4. The van der Waals surface area contributed by atoms with Crippen LogP contribution < -0.4 is 30.5 Å². The molecular formula is C51H59N3O9Si. The number of rotatable bonds is 13. The van der Waals surface area contributed by atoms with E-state index < -0.39 is 62.3 Å². The van der Waals surface area contributed by atoms with Gasteiger partial charge in [-0.3, -0.25) is 19.3 Å². The topological polar surface area (TPSA) is 142 Å². The average Bonchev–Trinajstić information content (AvgIpc) is 3.29. The van der Waals surface area contributed by atoms with E-state index in [-0.39, 0.29) is 37.2 Å². The minimum absolute atomic E-state index is 0.0480. The van der Waals surface area contributed by atoms with Crippen molar-refractivity contribution in [1.82, 2.24) is 15.5 Å². The zero-order valence-electron chi connectivity index (χ0n) is 37.6. The van der Waals surface area contributed by atoms with Crippen LogP contribution in [0.1, 0.15) is 64.3 Å². The van der Waals surface area contributed by atoms with Crippen molar-refractivity contribution in [3.05, 3.63) is 156 Å². The van der Waals surface area contributed by atoms with Crippen LogP contribution in [-0.2, 0) is 41.5 Å². The predicted octanol–water partition coefficient (Wildman–Crippen LogP) is 7.10. The van der Waals surface area contributed by atoms with Gasteiger partial charge in [0.05, 0.1) is 12.6 Å². The molecule has 0 aromatic heterocycles. The molecule has 336 valence electrons. The van der Waals surface area contributed by atoms with Crippen molar-refractivity contribution >= 4 is 42.6 Å². The van der Waals surface area contributed by atoms with E-state index in [1.807, 2.05) is 111 Å². The minimum atomic E-state index is -3.09. The molecule has 3 unspecified atom stereocenters. The Hall–Kier alpha value is -6.44. The van der Waals surface area contributed by atoms with Crippen molar-refractivity contribution in [2.45, 2.75) is 84.0 Å². The second-order valence-electron chi connectivity index (χ2n) is 17.3. The average molecular weight is 886 g/mol. The van der Waals surface area contributed by atoms with Gasteiger partial charge in [0.1, 0.15) is 25.9 Å². The summed E-state index contributed by atoms with van der Waals surface area (Å²) in [7, 11) is -1.70. The lowest BCUT2D eigenvalue weighted by atomic mass is 9.97. The smallest absolute Gasteiger partial charge is 0.410 e. The number of fused-ring (bicyclic) bond motifs is 2. The molecule has 0 fully saturated rings. The number of ether oxygens (including phenoxy) is 4. The molecule has 12 nitrogen and oxygen atoms in total. The third kappa shape index (κ3) is 11.4. The maximum Gasteiger partial charge on any atom is 0.410 e. The first-order valence-electron chi connectivity index (χ1n) is 21.6. The lowest BCUT2D eigenvalue weighted by Crippen LogP contribution is -2.67. The first-order chi connectivity index (χ1) is 30.7. The third-order valence-corrected chi connectivity index (χ3v) is 16.2. The Kier molecular flexibility index (Phi) is 15.6. The number of nitrogens with zero attached hydrogens (tertiary/aromatic N) is 1. The number of carbonyl (C=O) groups is 4. The Morgan fingerprint density at radius 3 is 1.84 bits per heavy atom. The van der Waals surface area contributed by atoms with Crippen LogP contribution in [0.25, 0.3) is 0 Å². The van der Waals surface area contributed by atoms with Crippen molar-refractivity contribution in [3.8, 4) is 11.5 Å². The number of hydrogen-bond donors (Lipinski definition) is 2. The van der Waals surface area contributed by atoms with Crippen LogP contribution in [0.3, 0.4) is 0 Å². The second kappa shape index (κ2) is 21.3. The standard InChI is InChI=1S/C51H59N3O9Si/c1-35(2)45-48(56)52-40(34-62-64(51(4,5)6,41-24-16-10-17-25-41)42-26-18-11-19-27-42)33-60-44-30-39(28-29-43(44)59-31-37-20-12-8-13-21-37)47(63-36(3)55)46(49(57)53-45)54(7)50(58)61-32-38-22-14-9-15-23-38/h8-30,35,40,45-47H,31-34H2,1-7H3,(H,52,56)(H,53,57)/t40?,45?,46?,47-/m1/s1. The molecule has 2 bridgehead atoms. The van der Waals surface area contributed by atoms with E-state index >= 15 is 0 Å². The summed E-state index contributed by atoms with van der Waals surface area (Å²) in [5, 5.41) is 7.83. The first kappa shape index (κ1) is 47.0. The molecule has 0 radical (unpaired) electrons. The molecule has 1 aliphatic rings. The monoisotopic (exact) mass is 885 g/mol. The van der Waals surface area contributed by atoms with E-state index in [9.17, 15) is 19.2 Å². The molecule has 5 aromatic carbocycles. The first-order valence-corrected chi connectivity index (χ1v) is 23.5. The fourth-order valence-corrected chi connectivity index (χ4v) is 12.6. The summed E-state index contributed by atoms with van der Waals surface area (Å²) in [6.45, 7) is 11.5. The van der Waals surface area contributed by atoms with Crippen LogP contribution in [0.5, 0.6) is 11.5 Å². The summed E-state index contributed by atoms with van der Waals surface area (Å²) in [4.78, 5) is 57.1. The Morgan fingerprint density at radius 1 is 0.766 bits per heavy atom. The van der Waals surface area contributed by atoms with E-state index in [4.69, 9.17) is 23.4 Å². The number of esters is 1. The highest BCUT2D eigenvalue weighted by Crippen LogP contribution is 2.38.